The first-order valence-corrected chi connectivity index (χ1v) is 5.26. The first-order valence-electron chi connectivity index (χ1n) is 5.26. The molecule has 100 valence electrons. The largest absolute Gasteiger partial charge is 0.433 e. The molecule has 0 saturated carbocycles. The second kappa shape index (κ2) is 4.58. The Kier molecular flexibility index (Phi) is 3.26. The highest BCUT2D eigenvalue weighted by atomic mass is 19.4. The first-order chi connectivity index (χ1) is 8.40. The lowest BCUT2D eigenvalue weighted by atomic mass is 10.3. The van der Waals surface area contributed by atoms with Gasteiger partial charge < -0.3 is 10.0 Å². The molecule has 1 atom stereocenters. The molecule has 1 unspecified atom stereocenters. The lowest BCUT2D eigenvalue weighted by Gasteiger charge is -2.18. The Morgan fingerprint density at radius 1 is 1.44 bits per heavy atom. The van der Waals surface area contributed by atoms with Gasteiger partial charge in [0.2, 0.25) is 5.95 Å². The molecule has 1 fully saturated rings. The van der Waals surface area contributed by atoms with Crippen LogP contribution in [0, 0.1) is 0 Å². The Morgan fingerprint density at radius 3 is 2.67 bits per heavy atom. The molecule has 0 radical (unpaired) electrons. The summed E-state index contributed by atoms with van der Waals surface area (Å²) in [5.74, 6) is 4.84. The number of nitrogen functional groups attached to an aromatic ring is 1. The van der Waals surface area contributed by atoms with Crippen LogP contribution in [0.2, 0.25) is 0 Å². The number of nitrogens with two attached hydrogens (primary N) is 1. The first kappa shape index (κ1) is 12.8. The van der Waals surface area contributed by atoms with Crippen molar-refractivity contribution in [2.45, 2.75) is 18.7 Å². The molecular formula is C9H12F3N5O. The highest BCUT2D eigenvalue weighted by Crippen LogP contribution is 2.31. The number of aliphatic hydroxyl groups is 1. The molecule has 9 heteroatoms. The summed E-state index contributed by atoms with van der Waals surface area (Å²) in [6, 6.07) is 0.846. The van der Waals surface area contributed by atoms with E-state index >= 15 is 0 Å². The lowest BCUT2D eigenvalue weighted by molar-refractivity contribution is -0.141. The van der Waals surface area contributed by atoms with Gasteiger partial charge >= 0.3 is 6.18 Å². The van der Waals surface area contributed by atoms with Gasteiger partial charge in [0.15, 0.2) is 5.69 Å². The van der Waals surface area contributed by atoms with E-state index in [9.17, 15) is 18.3 Å². The zero-order valence-corrected chi connectivity index (χ0v) is 9.28. The van der Waals surface area contributed by atoms with Crippen LogP contribution in [-0.4, -0.2) is 34.3 Å². The molecule has 1 aromatic rings. The fourth-order valence-electron chi connectivity index (χ4n) is 1.76. The van der Waals surface area contributed by atoms with Crippen LogP contribution in [0.5, 0.6) is 0 Å². The van der Waals surface area contributed by atoms with E-state index in [0.717, 1.165) is 6.07 Å². The molecule has 0 amide bonds. The van der Waals surface area contributed by atoms with Crippen LogP contribution < -0.4 is 16.2 Å². The van der Waals surface area contributed by atoms with E-state index in [0.29, 0.717) is 13.0 Å². The van der Waals surface area contributed by atoms with Crippen LogP contribution in [0.15, 0.2) is 6.07 Å². The summed E-state index contributed by atoms with van der Waals surface area (Å²) < 4.78 is 37.9. The number of anilines is 2. The number of hydrogen-bond donors (Lipinski definition) is 3. The quantitative estimate of drug-likeness (QED) is 0.527. The number of alkyl halides is 3. The van der Waals surface area contributed by atoms with Crippen LogP contribution >= 0.6 is 0 Å². The Morgan fingerprint density at radius 2 is 2.17 bits per heavy atom. The van der Waals surface area contributed by atoms with Gasteiger partial charge in [-0.3, -0.25) is 5.43 Å². The zero-order valence-electron chi connectivity index (χ0n) is 9.28. The van der Waals surface area contributed by atoms with Crippen LogP contribution in [0.3, 0.4) is 0 Å². The predicted octanol–water partition coefficient (Wildman–Crippen LogP) is 0.352. The second-order valence-electron chi connectivity index (χ2n) is 3.97. The molecule has 1 aliphatic heterocycles. The fourth-order valence-corrected chi connectivity index (χ4v) is 1.76. The van der Waals surface area contributed by atoms with Crippen LogP contribution in [0.1, 0.15) is 12.1 Å². The average molecular weight is 263 g/mol. The van der Waals surface area contributed by atoms with Gasteiger partial charge in [0, 0.05) is 19.2 Å². The number of halogens is 3. The molecule has 2 rings (SSSR count). The van der Waals surface area contributed by atoms with Crippen molar-refractivity contribution in [1.29, 1.82) is 0 Å². The summed E-state index contributed by atoms with van der Waals surface area (Å²) >= 11 is 0. The van der Waals surface area contributed by atoms with Crippen molar-refractivity contribution in [3.8, 4) is 0 Å². The van der Waals surface area contributed by atoms with Crippen molar-refractivity contribution < 1.29 is 18.3 Å². The molecule has 1 aromatic heterocycles. The minimum absolute atomic E-state index is 0.0989. The summed E-state index contributed by atoms with van der Waals surface area (Å²) in [7, 11) is 0. The van der Waals surface area contributed by atoms with Gasteiger partial charge in [-0.2, -0.15) is 18.2 Å². The summed E-state index contributed by atoms with van der Waals surface area (Å²) in [5, 5.41) is 9.37. The number of hydrazine groups is 1. The standard InChI is InChI=1S/C9H12F3N5O/c10-9(11,12)6-3-7(15-8(14-6)16-13)17-2-1-5(18)4-17/h3,5,18H,1-2,4,13H2,(H,14,15,16). The number of rotatable bonds is 2. The third kappa shape index (κ3) is 2.62. The lowest BCUT2D eigenvalue weighted by Crippen LogP contribution is -2.24. The van der Waals surface area contributed by atoms with Crippen LogP contribution in [0.25, 0.3) is 0 Å². The van der Waals surface area contributed by atoms with Gasteiger partial charge in [-0.25, -0.2) is 10.8 Å². The highest BCUT2D eigenvalue weighted by Gasteiger charge is 2.34. The van der Waals surface area contributed by atoms with Gasteiger partial charge in [-0.1, -0.05) is 0 Å². The maximum Gasteiger partial charge on any atom is 0.433 e. The third-order valence-corrected chi connectivity index (χ3v) is 2.62. The molecule has 0 spiro atoms. The number of β-amino-alcohol motifs (C(OH)–C–C–N with tert-alkyl or cyclic N) is 1. The van der Waals surface area contributed by atoms with E-state index in [-0.39, 0.29) is 18.3 Å². The van der Waals surface area contributed by atoms with Crippen molar-refractivity contribution in [2.75, 3.05) is 23.4 Å². The van der Waals surface area contributed by atoms with Gasteiger partial charge in [0.25, 0.3) is 0 Å². The van der Waals surface area contributed by atoms with E-state index in [1.54, 1.807) is 4.90 Å². The van der Waals surface area contributed by atoms with Gasteiger partial charge in [-0.05, 0) is 6.42 Å². The van der Waals surface area contributed by atoms with Crippen LogP contribution in [0.4, 0.5) is 24.9 Å². The Bertz CT molecular complexity index is 439. The second-order valence-corrected chi connectivity index (χ2v) is 3.97. The fraction of sp³-hybridized carbons (Fsp3) is 0.556. The normalized spacial score (nSPS) is 20.3. The summed E-state index contributed by atoms with van der Waals surface area (Å²) in [5.41, 5.74) is 0.935. The van der Waals surface area contributed by atoms with Crippen molar-refractivity contribution in [2.24, 2.45) is 5.84 Å². The number of nitrogens with one attached hydrogen (secondary N) is 1. The Hall–Kier alpha value is -1.61. The van der Waals surface area contributed by atoms with Crippen molar-refractivity contribution in [3.63, 3.8) is 0 Å². The molecule has 2 heterocycles. The third-order valence-electron chi connectivity index (χ3n) is 2.62. The number of aromatic nitrogens is 2. The predicted molar refractivity (Wildman–Crippen MR) is 57.7 cm³/mol. The molecule has 0 aromatic carbocycles. The molecule has 0 aliphatic carbocycles. The summed E-state index contributed by atoms with van der Waals surface area (Å²) in [4.78, 5) is 8.66. The maximum absolute atomic E-state index is 12.6. The number of hydrogen-bond acceptors (Lipinski definition) is 6. The van der Waals surface area contributed by atoms with Gasteiger partial charge in [0.1, 0.15) is 5.82 Å². The Balaban J connectivity index is 2.35. The van der Waals surface area contributed by atoms with Gasteiger partial charge in [-0.15, -0.1) is 0 Å². The van der Waals surface area contributed by atoms with E-state index in [2.05, 4.69) is 9.97 Å². The minimum atomic E-state index is -4.57. The monoisotopic (exact) mass is 263 g/mol. The SMILES string of the molecule is NNc1nc(N2CCC(O)C2)cc(C(F)(F)F)n1. The minimum Gasteiger partial charge on any atom is -0.391 e. The smallest absolute Gasteiger partial charge is 0.391 e. The molecule has 6 nitrogen and oxygen atoms in total. The van der Waals surface area contributed by atoms with E-state index < -0.39 is 18.0 Å². The van der Waals surface area contributed by atoms with Crippen molar-refractivity contribution in [1.82, 2.24) is 9.97 Å². The molecule has 1 aliphatic rings. The van der Waals surface area contributed by atoms with Crippen molar-refractivity contribution >= 4 is 11.8 Å². The molecule has 4 N–H and O–H groups in total. The van der Waals surface area contributed by atoms with E-state index in [4.69, 9.17) is 5.84 Å². The van der Waals surface area contributed by atoms with Crippen LogP contribution in [-0.2, 0) is 6.18 Å². The molecule has 1 saturated heterocycles. The molecule has 0 bridgehead atoms. The summed E-state index contributed by atoms with van der Waals surface area (Å²) in [6.07, 6.45) is -4.62. The van der Waals surface area contributed by atoms with Crippen molar-refractivity contribution in [3.05, 3.63) is 11.8 Å². The molecule has 18 heavy (non-hydrogen) atoms. The topological polar surface area (TPSA) is 87.3 Å². The number of aliphatic hydroxyl groups excluding tert-OH is 1. The van der Waals surface area contributed by atoms with Gasteiger partial charge in [0.05, 0.1) is 6.10 Å². The van der Waals surface area contributed by atoms with E-state index in [1.165, 1.54) is 0 Å². The maximum atomic E-state index is 12.6. The average Bonchev–Trinajstić information content (AvgIpc) is 2.74. The Labute approximate surface area is 101 Å². The summed E-state index contributed by atoms with van der Waals surface area (Å²) in [6.45, 7) is 0.692. The number of nitrogens with zero attached hydrogens (tertiary/aromatic N) is 3. The zero-order chi connectivity index (χ0) is 13.3. The highest BCUT2D eigenvalue weighted by molar-refractivity contribution is 5.46. The molecular weight excluding hydrogens is 251 g/mol. The van der Waals surface area contributed by atoms with E-state index in [1.807, 2.05) is 5.43 Å².